The highest BCUT2D eigenvalue weighted by Crippen LogP contribution is 2.27. The molecule has 0 fully saturated rings. The molecular weight excluding hydrogens is 285 g/mol. The summed E-state index contributed by atoms with van der Waals surface area (Å²) >= 11 is 3.33. The number of aromatic amines is 1. The van der Waals surface area contributed by atoms with Gasteiger partial charge >= 0.3 is 0 Å². The number of benzene rings is 1. The van der Waals surface area contributed by atoms with E-state index in [4.69, 9.17) is 5.73 Å². The van der Waals surface area contributed by atoms with Gasteiger partial charge in [0.1, 0.15) is 11.6 Å². The molecule has 0 bridgehead atoms. The first-order chi connectivity index (χ1) is 8.11. The van der Waals surface area contributed by atoms with Crippen LogP contribution in [-0.4, -0.2) is 16.5 Å². The summed E-state index contributed by atoms with van der Waals surface area (Å²) in [5.41, 5.74) is 7.47. The van der Waals surface area contributed by atoms with Crippen molar-refractivity contribution in [3.05, 3.63) is 40.0 Å². The molecule has 2 rings (SSSR count). The quantitative estimate of drug-likeness (QED) is 0.915. The van der Waals surface area contributed by atoms with Gasteiger partial charge < -0.3 is 10.7 Å². The van der Waals surface area contributed by atoms with Crippen LogP contribution in [0.4, 0.5) is 4.39 Å². The second kappa shape index (κ2) is 4.98. The molecule has 1 aromatic carbocycles. The molecule has 0 aliphatic heterocycles. The molecule has 1 aromatic heterocycles. The maximum absolute atomic E-state index is 13.7. The highest BCUT2D eigenvalue weighted by Gasteiger charge is 2.13. The fraction of sp³-hybridized carbons (Fsp3) is 0.250. The molecule has 90 valence electrons. The summed E-state index contributed by atoms with van der Waals surface area (Å²) < 4.78 is 14.6. The predicted octanol–water partition coefficient (Wildman–Crippen LogP) is 2.79. The van der Waals surface area contributed by atoms with E-state index in [1.54, 1.807) is 12.1 Å². The zero-order chi connectivity index (χ0) is 12.4. The Morgan fingerprint density at radius 1 is 1.47 bits per heavy atom. The van der Waals surface area contributed by atoms with Crippen molar-refractivity contribution in [2.75, 3.05) is 6.54 Å². The lowest BCUT2D eigenvalue weighted by molar-refractivity contribution is 0.630. The Morgan fingerprint density at radius 3 is 2.94 bits per heavy atom. The first-order valence-corrected chi connectivity index (χ1v) is 6.12. The number of H-pyrrole nitrogens is 1. The van der Waals surface area contributed by atoms with Crippen molar-refractivity contribution in [2.45, 2.75) is 13.3 Å². The Balaban J connectivity index is 2.48. The fourth-order valence-electron chi connectivity index (χ4n) is 1.72. The minimum absolute atomic E-state index is 0.276. The third-order valence-corrected chi connectivity index (χ3v) is 2.99. The van der Waals surface area contributed by atoms with Crippen molar-refractivity contribution in [3.63, 3.8) is 0 Å². The lowest BCUT2D eigenvalue weighted by Gasteiger charge is -2.01. The van der Waals surface area contributed by atoms with E-state index in [0.29, 0.717) is 24.2 Å². The molecule has 0 radical (unpaired) electrons. The van der Waals surface area contributed by atoms with Crippen LogP contribution >= 0.6 is 15.9 Å². The number of aryl methyl sites for hydroxylation is 1. The van der Waals surface area contributed by atoms with Crippen LogP contribution in [0.5, 0.6) is 0 Å². The van der Waals surface area contributed by atoms with E-state index in [-0.39, 0.29) is 5.82 Å². The van der Waals surface area contributed by atoms with E-state index < -0.39 is 0 Å². The SMILES string of the molecule is Cc1[nH]c(CCN)nc1-c1cc(Br)ccc1F. The zero-order valence-corrected chi connectivity index (χ0v) is 11.0. The molecule has 3 N–H and O–H groups in total. The highest BCUT2D eigenvalue weighted by molar-refractivity contribution is 9.10. The van der Waals surface area contributed by atoms with Gasteiger partial charge in [-0.3, -0.25) is 0 Å². The van der Waals surface area contributed by atoms with Gasteiger partial charge in [0, 0.05) is 22.2 Å². The van der Waals surface area contributed by atoms with Crippen LogP contribution in [0, 0.1) is 12.7 Å². The maximum Gasteiger partial charge on any atom is 0.132 e. The Bertz CT molecular complexity index is 537. The van der Waals surface area contributed by atoms with Crippen LogP contribution in [0.15, 0.2) is 22.7 Å². The van der Waals surface area contributed by atoms with Gasteiger partial charge in [0.25, 0.3) is 0 Å². The number of hydrogen-bond donors (Lipinski definition) is 2. The third kappa shape index (κ3) is 2.56. The molecule has 0 aliphatic carbocycles. The minimum Gasteiger partial charge on any atom is -0.346 e. The summed E-state index contributed by atoms with van der Waals surface area (Å²) in [6.45, 7) is 2.40. The van der Waals surface area contributed by atoms with Crippen molar-refractivity contribution >= 4 is 15.9 Å². The summed E-state index contributed by atoms with van der Waals surface area (Å²) in [5.74, 6) is 0.515. The molecule has 0 spiro atoms. The fourth-order valence-corrected chi connectivity index (χ4v) is 2.08. The van der Waals surface area contributed by atoms with Crippen LogP contribution < -0.4 is 5.73 Å². The van der Waals surface area contributed by atoms with Crippen molar-refractivity contribution in [1.82, 2.24) is 9.97 Å². The molecule has 5 heteroatoms. The first-order valence-electron chi connectivity index (χ1n) is 5.33. The molecule has 0 atom stereocenters. The molecule has 2 aromatic rings. The van der Waals surface area contributed by atoms with Gasteiger partial charge in [0.15, 0.2) is 0 Å². The number of nitrogens with one attached hydrogen (secondary N) is 1. The van der Waals surface area contributed by atoms with Crippen molar-refractivity contribution in [1.29, 1.82) is 0 Å². The van der Waals surface area contributed by atoms with Crippen LogP contribution in [0.25, 0.3) is 11.3 Å². The summed E-state index contributed by atoms with van der Waals surface area (Å²) in [6.07, 6.45) is 0.663. The molecular formula is C12H13BrFN3. The van der Waals surface area contributed by atoms with Gasteiger partial charge in [0.05, 0.1) is 5.69 Å². The number of halogens is 2. The second-order valence-electron chi connectivity index (χ2n) is 3.82. The maximum atomic E-state index is 13.7. The highest BCUT2D eigenvalue weighted by atomic mass is 79.9. The van der Waals surface area contributed by atoms with Crippen molar-refractivity contribution in [2.24, 2.45) is 5.73 Å². The molecule has 3 nitrogen and oxygen atoms in total. The van der Waals surface area contributed by atoms with Crippen LogP contribution in [0.3, 0.4) is 0 Å². The summed E-state index contributed by atoms with van der Waals surface area (Å²) in [7, 11) is 0. The molecule has 0 saturated carbocycles. The largest absolute Gasteiger partial charge is 0.346 e. The molecule has 0 amide bonds. The van der Waals surface area contributed by atoms with Gasteiger partial charge in [-0.05, 0) is 31.7 Å². The molecule has 1 heterocycles. The van der Waals surface area contributed by atoms with E-state index in [1.165, 1.54) is 6.07 Å². The van der Waals surface area contributed by atoms with E-state index in [9.17, 15) is 4.39 Å². The average molecular weight is 298 g/mol. The van der Waals surface area contributed by atoms with Gasteiger partial charge in [-0.2, -0.15) is 0 Å². The number of hydrogen-bond acceptors (Lipinski definition) is 2. The summed E-state index contributed by atoms with van der Waals surface area (Å²) in [6, 6.07) is 4.82. The van der Waals surface area contributed by atoms with Crippen LogP contribution in [0.1, 0.15) is 11.5 Å². The molecule has 0 aliphatic rings. The smallest absolute Gasteiger partial charge is 0.132 e. The lowest BCUT2D eigenvalue weighted by Crippen LogP contribution is -2.03. The van der Waals surface area contributed by atoms with E-state index in [0.717, 1.165) is 16.0 Å². The Labute approximate surface area is 107 Å². The molecule has 0 unspecified atom stereocenters. The van der Waals surface area contributed by atoms with E-state index >= 15 is 0 Å². The Hall–Kier alpha value is -1.20. The van der Waals surface area contributed by atoms with Crippen molar-refractivity contribution < 1.29 is 4.39 Å². The number of aromatic nitrogens is 2. The van der Waals surface area contributed by atoms with Gasteiger partial charge in [-0.15, -0.1) is 0 Å². The number of rotatable bonds is 3. The predicted molar refractivity (Wildman–Crippen MR) is 69.2 cm³/mol. The number of nitrogens with zero attached hydrogens (tertiary/aromatic N) is 1. The van der Waals surface area contributed by atoms with Gasteiger partial charge in [-0.25, -0.2) is 9.37 Å². The van der Waals surface area contributed by atoms with E-state index in [1.807, 2.05) is 6.92 Å². The normalized spacial score (nSPS) is 10.8. The van der Waals surface area contributed by atoms with E-state index in [2.05, 4.69) is 25.9 Å². The monoisotopic (exact) mass is 297 g/mol. The Morgan fingerprint density at radius 2 is 2.24 bits per heavy atom. The van der Waals surface area contributed by atoms with Crippen LogP contribution in [-0.2, 0) is 6.42 Å². The Kier molecular flexibility index (Phi) is 3.59. The molecule has 0 saturated heterocycles. The number of imidazole rings is 1. The minimum atomic E-state index is -0.276. The summed E-state index contributed by atoms with van der Waals surface area (Å²) in [5, 5.41) is 0. The summed E-state index contributed by atoms with van der Waals surface area (Å²) in [4.78, 5) is 7.49. The van der Waals surface area contributed by atoms with Gasteiger partial charge in [0.2, 0.25) is 0 Å². The number of nitrogens with two attached hydrogens (primary N) is 1. The van der Waals surface area contributed by atoms with Gasteiger partial charge in [-0.1, -0.05) is 15.9 Å². The standard InChI is InChI=1S/C12H13BrFN3/c1-7-12(17-11(16-7)4-5-15)9-6-8(13)2-3-10(9)14/h2-3,6H,4-5,15H2,1H3,(H,16,17). The first kappa shape index (κ1) is 12.3. The lowest BCUT2D eigenvalue weighted by atomic mass is 10.1. The second-order valence-corrected chi connectivity index (χ2v) is 4.74. The molecule has 17 heavy (non-hydrogen) atoms. The third-order valence-electron chi connectivity index (χ3n) is 2.50. The zero-order valence-electron chi connectivity index (χ0n) is 9.43. The average Bonchev–Trinajstić information content (AvgIpc) is 2.64. The topological polar surface area (TPSA) is 54.7 Å². The van der Waals surface area contributed by atoms with Crippen molar-refractivity contribution in [3.8, 4) is 11.3 Å². The van der Waals surface area contributed by atoms with Crippen LogP contribution in [0.2, 0.25) is 0 Å².